The van der Waals surface area contributed by atoms with Gasteiger partial charge in [0, 0.05) is 18.3 Å². The Balaban J connectivity index is 1.63. The highest BCUT2D eigenvalue weighted by atomic mass is 16.2. The van der Waals surface area contributed by atoms with Crippen LogP contribution in [0.3, 0.4) is 0 Å². The highest BCUT2D eigenvalue weighted by molar-refractivity contribution is 5.92. The van der Waals surface area contributed by atoms with Crippen molar-refractivity contribution in [1.82, 2.24) is 24.8 Å². The summed E-state index contributed by atoms with van der Waals surface area (Å²) in [5, 5.41) is 5.56. The van der Waals surface area contributed by atoms with E-state index < -0.39 is 0 Å². The monoisotopic (exact) mass is 364 g/mol. The van der Waals surface area contributed by atoms with Crippen LogP contribution in [0, 0.1) is 5.92 Å². The average molecular weight is 364 g/mol. The zero-order chi connectivity index (χ0) is 19.2. The summed E-state index contributed by atoms with van der Waals surface area (Å²) in [5.41, 5.74) is 1.67. The van der Waals surface area contributed by atoms with Crippen molar-refractivity contribution in [3.8, 4) is 5.82 Å². The first-order chi connectivity index (χ1) is 13.0. The van der Waals surface area contributed by atoms with E-state index in [1.54, 1.807) is 35.3 Å². The summed E-state index contributed by atoms with van der Waals surface area (Å²) < 4.78 is 1.64. The summed E-state index contributed by atoms with van der Waals surface area (Å²) in [6, 6.07) is 9.01. The van der Waals surface area contributed by atoms with Crippen LogP contribution < -0.4 is 10.6 Å². The van der Waals surface area contributed by atoms with Gasteiger partial charge in [-0.1, -0.05) is 19.9 Å². The first-order valence-corrected chi connectivity index (χ1v) is 8.52. The Hall–Kier alpha value is -3.55. The zero-order valence-electron chi connectivity index (χ0n) is 15.1. The Kier molecular flexibility index (Phi) is 5.55. The summed E-state index contributed by atoms with van der Waals surface area (Å²) >= 11 is 0. The van der Waals surface area contributed by atoms with E-state index >= 15 is 0 Å². The van der Waals surface area contributed by atoms with Gasteiger partial charge in [-0.15, -0.1) is 0 Å². The number of nitrogens with one attached hydrogen (secondary N) is 2. The normalized spacial score (nSPS) is 10.6. The average Bonchev–Trinajstić information content (AvgIpc) is 3.17. The maximum atomic E-state index is 12.2. The third-order valence-electron chi connectivity index (χ3n) is 3.78. The maximum Gasteiger partial charge on any atom is 0.271 e. The van der Waals surface area contributed by atoms with Gasteiger partial charge >= 0.3 is 0 Å². The molecule has 0 aliphatic heterocycles. The van der Waals surface area contributed by atoms with Crippen LogP contribution in [0.1, 0.15) is 30.0 Å². The summed E-state index contributed by atoms with van der Waals surface area (Å²) in [7, 11) is 0. The molecule has 0 atom stereocenters. The number of anilines is 1. The maximum absolute atomic E-state index is 12.2. The van der Waals surface area contributed by atoms with Crippen molar-refractivity contribution in [1.29, 1.82) is 0 Å². The minimum Gasteiger partial charge on any atom is -0.345 e. The lowest BCUT2D eigenvalue weighted by molar-refractivity contribution is -0.118. The van der Waals surface area contributed by atoms with Crippen LogP contribution in [0.5, 0.6) is 0 Å². The summed E-state index contributed by atoms with van der Waals surface area (Å²) in [6.07, 6.45) is 6.36. The van der Waals surface area contributed by atoms with Crippen LogP contribution in [0.25, 0.3) is 5.82 Å². The number of rotatable bonds is 6. The predicted molar refractivity (Wildman–Crippen MR) is 100 cm³/mol. The number of aromatic nitrogens is 4. The molecule has 0 spiro atoms. The second kappa shape index (κ2) is 8.22. The van der Waals surface area contributed by atoms with E-state index in [4.69, 9.17) is 0 Å². The van der Waals surface area contributed by atoms with E-state index in [2.05, 4.69) is 25.6 Å². The molecule has 0 saturated heterocycles. The van der Waals surface area contributed by atoms with Gasteiger partial charge in [0.25, 0.3) is 5.91 Å². The minimum absolute atomic E-state index is 0.0703. The highest BCUT2D eigenvalue weighted by Crippen LogP contribution is 2.12. The van der Waals surface area contributed by atoms with Gasteiger partial charge in [0.15, 0.2) is 0 Å². The van der Waals surface area contributed by atoms with Gasteiger partial charge in [-0.3, -0.25) is 19.1 Å². The molecule has 0 saturated carbocycles. The smallest absolute Gasteiger partial charge is 0.271 e. The van der Waals surface area contributed by atoms with E-state index in [0.29, 0.717) is 18.1 Å². The van der Waals surface area contributed by atoms with Crippen molar-refractivity contribution in [2.75, 3.05) is 5.32 Å². The molecule has 0 fully saturated rings. The SMILES string of the molecule is CC(C)C(=O)Nc1ccc(-n2cnc(C(=O)NCc3ccccn3)c2)nc1. The molecule has 8 heteroatoms. The number of carbonyl (C=O) groups is 2. The van der Waals surface area contributed by atoms with E-state index in [9.17, 15) is 9.59 Å². The van der Waals surface area contributed by atoms with Crippen LogP contribution in [-0.2, 0) is 11.3 Å². The van der Waals surface area contributed by atoms with Gasteiger partial charge in [0.1, 0.15) is 17.8 Å². The van der Waals surface area contributed by atoms with Gasteiger partial charge < -0.3 is 10.6 Å². The molecule has 3 heterocycles. The second-order valence-electron chi connectivity index (χ2n) is 6.22. The van der Waals surface area contributed by atoms with Crippen LogP contribution in [0.2, 0.25) is 0 Å². The van der Waals surface area contributed by atoms with Crippen LogP contribution in [0.15, 0.2) is 55.2 Å². The molecule has 8 nitrogen and oxygen atoms in total. The lowest BCUT2D eigenvalue weighted by Crippen LogP contribution is -2.23. The predicted octanol–water partition coefficient (Wildman–Crippen LogP) is 2.19. The Labute approximate surface area is 156 Å². The number of amides is 2. The molecule has 3 rings (SSSR count). The standard InChI is InChI=1S/C19H20N6O2/c1-13(2)18(26)24-15-6-7-17(21-10-15)25-11-16(23-12-25)19(27)22-9-14-5-3-4-8-20-14/h3-8,10-13H,9H2,1-2H3,(H,22,27)(H,24,26). The quantitative estimate of drug-likeness (QED) is 0.698. The molecule has 0 aromatic carbocycles. The number of pyridine rings is 2. The van der Waals surface area contributed by atoms with Crippen LogP contribution in [0.4, 0.5) is 5.69 Å². The second-order valence-corrected chi connectivity index (χ2v) is 6.22. The van der Waals surface area contributed by atoms with E-state index in [1.807, 2.05) is 32.0 Å². The number of hydrogen-bond donors (Lipinski definition) is 2. The van der Waals surface area contributed by atoms with Crippen molar-refractivity contribution >= 4 is 17.5 Å². The van der Waals surface area contributed by atoms with Crippen molar-refractivity contribution in [3.05, 3.63) is 66.6 Å². The lowest BCUT2D eigenvalue weighted by Gasteiger charge is -2.08. The third-order valence-corrected chi connectivity index (χ3v) is 3.78. The van der Waals surface area contributed by atoms with Gasteiger partial charge in [0.2, 0.25) is 5.91 Å². The lowest BCUT2D eigenvalue weighted by atomic mass is 10.2. The Morgan fingerprint density at radius 2 is 1.96 bits per heavy atom. The molecule has 2 N–H and O–H groups in total. The topological polar surface area (TPSA) is 102 Å². The first kappa shape index (κ1) is 18.2. The zero-order valence-corrected chi connectivity index (χ0v) is 15.1. The molecule has 0 bridgehead atoms. The van der Waals surface area contributed by atoms with Crippen LogP contribution >= 0.6 is 0 Å². The van der Waals surface area contributed by atoms with Crippen molar-refractivity contribution < 1.29 is 9.59 Å². The molecular weight excluding hydrogens is 344 g/mol. The molecule has 0 aliphatic carbocycles. The Morgan fingerprint density at radius 3 is 2.63 bits per heavy atom. The van der Waals surface area contributed by atoms with E-state index in [0.717, 1.165) is 5.69 Å². The molecule has 138 valence electrons. The van der Waals surface area contributed by atoms with Gasteiger partial charge in [0.05, 0.1) is 24.1 Å². The van der Waals surface area contributed by atoms with E-state index in [1.165, 1.54) is 6.33 Å². The van der Waals surface area contributed by atoms with Crippen molar-refractivity contribution in [2.45, 2.75) is 20.4 Å². The number of nitrogens with zero attached hydrogens (tertiary/aromatic N) is 4. The van der Waals surface area contributed by atoms with Crippen molar-refractivity contribution in [3.63, 3.8) is 0 Å². The molecule has 3 aromatic rings. The Bertz CT molecular complexity index is 919. The largest absolute Gasteiger partial charge is 0.345 e. The minimum atomic E-state index is -0.291. The first-order valence-electron chi connectivity index (χ1n) is 8.52. The Morgan fingerprint density at radius 1 is 1.11 bits per heavy atom. The molecule has 0 unspecified atom stereocenters. The number of imidazole rings is 1. The third kappa shape index (κ3) is 4.75. The summed E-state index contributed by atoms with van der Waals surface area (Å²) in [5.74, 6) is 0.124. The van der Waals surface area contributed by atoms with Gasteiger partial charge in [-0.25, -0.2) is 9.97 Å². The molecule has 0 aliphatic rings. The molecule has 27 heavy (non-hydrogen) atoms. The molecule has 0 radical (unpaired) electrons. The molecular formula is C19H20N6O2. The number of hydrogen-bond acceptors (Lipinski definition) is 5. The van der Waals surface area contributed by atoms with Gasteiger partial charge in [-0.2, -0.15) is 0 Å². The molecule has 3 aromatic heterocycles. The molecule has 2 amide bonds. The fourth-order valence-electron chi connectivity index (χ4n) is 2.23. The fraction of sp³-hybridized carbons (Fsp3) is 0.211. The number of carbonyl (C=O) groups excluding carboxylic acids is 2. The van der Waals surface area contributed by atoms with E-state index in [-0.39, 0.29) is 23.4 Å². The summed E-state index contributed by atoms with van der Waals surface area (Å²) in [6.45, 7) is 3.97. The summed E-state index contributed by atoms with van der Waals surface area (Å²) in [4.78, 5) is 36.5. The van der Waals surface area contributed by atoms with Crippen LogP contribution in [-0.4, -0.2) is 31.3 Å². The van der Waals surface area contributed by atoms with Gasteiger partial charge in [-0.05, 0) is 24.3 Å². The fourth-order valence-corrected chi connectivity index (χ4v) is 2.23. The van der Waals surface area contributed by atoms with Crippen molar-refractivity contribution in [2.24, 2.45) is 5.92 Å². The highest BCUT2D eigenvalue weighted by Gasteiger charge is 2.11.